The number of nitrogen functional groups attached to an aromatic ring is 1. The summed E-state index contributed by atoms with van der Waals surface area (Å²) in [6.45, 7) is 5.88. The average molecular weight is 226 g/mol. The van der Waals surface area contributed by atoms with Crippen molar-refractivity contribution in [1.82, 2.24) is 0 Å². The Labute approximate surface area is 93.4 Å². The molecule has 88 valence electrons. The van der Waals surface area contributed by atoms with Crippen molar-refractivity contribution in [1.29, 1.82) is 0 Å². The van der Waals surface area contributed by atoms with E-state index in [1.54, 1.807) is 0 Å². The fourth-order valence-corrected chi connectivity index (χ4v) is 1.53. The molecule has 1 aromatic rings. The van der Waals surface area contributed by atoms with Crippen LogP contribution in [0.15, 0.2) is 12.1 Å². The second-order valence-electron chi connectivity index (χ2n) is 4.99. The van der Waals surface area contributed by atoms with E-state index in [2.05, 4.69) is 0 Å². The molecular formula is C11H15FN2O2. The van der Waals surface area contributed by atoms with Gasteiger partial charge in [0, 0.05) is 0 Å². The molecule has 0 heterocycles. The quantitative estimate of drug-likeness (QED) is 0.479. The zero-order valence-corrected chi connectivity index (χ0v) is 9.58. The summed E-state index contributed by atoms with van der Waals surface area (Å²) in [6, 6.07) is 2.11. The van der Waals surface area contributed by atoms with E-state index in [-0.39, 0.29) is 16.8 Å². The van der Waals surface area contributed by atoms with Gasteiger partial charge in [-0.3, -0.25) is 10.1 Å². The van der Waals surface area contributed by atoms with E-state index >= 15 is 0 Å². The van der Waals surface area contributed by atoms with Crippen LogP contribution < -0.4 is 5.73 Å². The van der Waals surface area contributed by atoms with Gasteiger partial charge in [-0.2, -0.15) is 0 Å². The van der Waals surface area contributed by atoms with Crippen molar-refractivity contribution in [2.24, 2.45) is 5.41 Å². The molecule has 1 rings (SSSR count). The van der Waals surface area contributed by atoms with Gasteiger partial charge in [0.25, 0.3) is 5.69 Å². The highest BCUT2D eigenvalue weighted by Gasteiger charge is 2.21. The molecule has 4 nitrogen and oxygen atoms in total. The van der Waals surface area contributed by atoms with E-state index in [0.717, 1.165) is 6.07 Å². The number of anilines is 1. The lowest BCUT2D eigenvalue weighted by Gasteiger charge is -2.19. The highest BCUT2D eigenvalue weighted by Crippen LogP contribution is 2.31. The van der Waals surface area contributed by atoms with Crippen LogP contribution in [0, 0.1) is 21.3 Å². The maximum atomic E-state index is 13.2. The van der Waals surface area contributed by atoms with Crippen molar-refractivity contribution in [2.45, 2.75) is 27.2 Å². The van der Waals surface area contributed by atoms with E-state index in [9.17, 15) is 14.5 Å². The zero-order valence-electron chi connectivity index (χ0n) is 9.58. The molecule has 0 amide bonds. The van der Waals surface area contributed by atoms with Crippen molar-refractivity contribution in [3.63, 3.8) is 0 Å². The first kappa shape index (κ1) is 12.4. The summed E-state index contributed by atoms with van der Waals surface area (Å²) in [6.07, 6.45) is 0.497. The molecule has 0 radical (unpaired) electrons. The third-order valence-corrected chi connectivity index (χ3v) is 2.13. The van der Waals surface area contributed by atoms with Gasteiger partial charge in [0.05, 0.1) is 11.0 Å². The average Bonchev–Trinajstić information content (AvgIpc) is 2.07. The fraction of sp³-hybridized carbons (Fsp3) is 0.455. The molecule has 5 heteroatoms. The van der Waals surface area contributed by atoms with Crippen LogP contribution >= 0.6 is 0 Å². The Hall–Kier alpha value is -1.65. The predicted octanol–water partition coefficient (Wildman–Crippen LogP) is 2.90. The molecule has 0 aliphatic rings. The SMILES string of the molecule is CC(C)(C)Cc1cc(F)cc([N+](=O)[O-])c1N. The summed E-state index contributed by atoms with van der Waals surface area (Å²) in [5, 5.41) is 10.7. The van der Waals surface area contributed by atoms with E-state index in [1.165, 1.54) is 6.07 Å². The van der Waals surface area contributed by atoms with Crippen LogP contribution in [0.4, 0.5) is 15.8 Å². The maximum Gasteiger partial charge on any atom is 0.295 e. The van der Waals surface area contributed by atoms with Crippen LogP contribution in [0.25, 0.3) is 0 Å². The first-order chi connectivity index (χ1) is 7.20. The van der Waals surface area contributed by atoms with Crippen LogP contribution in [0.3, 0.4) is 0 Å². The number of rotatable bonds is 2. The molecule has 0 spiro atoms. The van der Waals surface area contributed by atoms with E-state index in [1.807, 2.05) is 20.8 Å². The van der Waals surface area contributed by atoms with Gasteiger partial charge in [-0.05, 0) is 23.5 Å². The molecule has 0 bridgehead atoms. The standard InChI is InChI=1S/C11H15FN2O2/c1-11(2,3)6-7-4-8(12)5-9(10(7)13)14(15)16/h4-5H,6,13H2,1-3H3. The number of hydrogen-bond acceptors (Lipinski definition) is 3. The Bertz CT molecular complexity index is 425. The molecule has 0 aromatic heterocycles. The maximum absolute atomic E-state index is 13.2. The Balaban J connectivity index is 3.25. The van der Waals surface area contributed by atoms with Gasteiger partial charge in [0.1, 0.15) is 11.5 Å². The zero-order chi connectivity index (χ0) is 12.5. The summed E-state index contributed by atoms with van der Waals surface area (Å²) in [7, 11) is 0. The van der Waals surface area contributed by atoms with Gasteiger partial charge in [0.15, 0.2) is 0 Å². The molecule has 16 heavy (non-hydrogen) atoms. The summed E-state index contributed by atoms with van der Waals surface area (Å²) in [5.41, 5.74) is 5.73. The molecule has 0 aliphatic carbocycles. The van der Waals surface area contributed by atoms with Crippen molar-refractivity contribution in [2.75, 3.05) is 5.73 Å². The van der Waals surface area contributed by atoms with Gasteiger partial charge in [-0.25, -0.2) is 4.39 Å². The van der Waals surface area contributed by atoms with Gasteiger partial charge < -0.3 is 5.73 Å². The van der Waals surface area contributed by atoms with Gasteiger partial charge in [0.2, 0.25) is 0 Å². The Kier molecular flexibility index (Phi) is 3.16. The number of halogens is 1. The Morgan fingerprint density at radius 3 is 2.44 bits per heavy atom. The number of nitro benzene ring substituents is 1. The Morgan fingerprint density at radius 2 is 2.00 bits per heavy atom. The molecule has 0 aliphatic heterocycles. The fourth-order valence-electron chi connectivity index (χ4n) is 1.53. The number of hydrogen-bond donors (Lipinski definition) is 1. The minimum atomic E-state index is -0.662. The third-order valence-electron chi connectivity index (χ3n) is 2.13. The second-order valence-corrected chi connectivity index (χ2v) is 4.99. The minimum absolute atomic E-state index is 0.0568. The van der Waals surface area contributed by atoms with Crippen LogP contribution in [-0.2, 0) is 6.42 Å². The number of nitro groups is 1. The number of nitrogens with zero attached hydrogens (tertiary/aromatic N) is 1. The van der Waals surface area contributed by atoms with E-state index in [4.69, 9.17) is 5.73 Å². The molecule has 2 N–H and O–H groups in total. The number of nitrogens with two attached hydrogens (primary N) is 1. The predicted molar refractivity (Wildman–Crippen MR) is 60.6 cm³/mol. The lowest BCUT2D eigenvalue weighted by molar-refractivity contribution is -0.384. The summed E-state index contributed by atoms with van der Waals surface area (Å²) >= 11 is 0. The van der Waals surface area contributed by atoms with Crippen LogP contribution in [0.2, 0.25) is 0 Å². The number of benzene rings is 1. The van der Waals surface area contributed by atoms with Crippen LogP contribution in [0.5, 0.6) is 0 Å². The molecule has 0 fully saturated rings. The lowest BCUT2D eigenvalue weighted by atomic mass is 9.87. The molecule has 0 atom stereocenters. The largest absolute Gasteiger partial charge is 0.393 e. The summed E-state index contributed by atoms with van der Waals surface area (Å²) in [4.78, 5) is 9.99. The van der Waals surface area contributed by atoms with Crippen LogP contribution in [-0.4, -0.2) is 4.92 Å². The molecular weight excluding hydrogens is 211 g/mol. The highest BCUT2D eigenvalue weighted by atomic mass is 19.1. The van der Waals surface area contributed by atoms with E-state index < -0.39 is 10.7 Å². The van der Waals surface area contributed by atoms with Crippen molar-refractivity contribution < 1.29 is 9.31 Å². The molecule has 0 unspecified atom stereocenters. The lowest BCUT2D eigenvalue weighted by Crippen LogP contribution is -2.12. The highest BCUT2D eigenvalue weighted by molar-refractivity contribution is 5.63. The first-order valence-corrected chi connectivity index (χ1v) is 4.93. The minimum Gasteiger partial charge on any atom is -0.393 e. The summed E-state index contributed by atoms with van der Waals surface area (Å²) < 4.78 is 13.2. The molecule has 0 saturated heterocycles. The molecule has 0 saturated carbocycles. The third kappa shape index (κ3) is 2.92. The first-order valence-electron chi connectivity index (χ1n) is 4.93. The topological polar surface area (TPSA) is 69.2 Å². The van der Waals surface area contributed by atoms with Gasteiger partial charge in [-0.15, -0.1) is 0 Å². The van der Waals surface area contributed by atoms with Crippen LogP contribution in [0.1, 0.15) is 26.3 Å². The van der Waals surface area contributed by atoms with Gasteiger partial charge >= 0.3 is 0 Å². The molecule has 1 aromatic carbocycles. The normalized spacial score (nSPS) is 11.5. The van der Waals surface area contributed by atoms with Gasteiger partial charge in [-0.1, -0.05) is 20.8 Å². The summed E-state index contributed by atoms with van der Waals surface area (Å²) in [5.74, 6) is -0.625. The smallest absolute Gasteiger partial charge is 0.295 e. The van der Waals surface area contributed by atoms with Crippen molar-refractivity contribution in [3.8, 4) is 0 Å². The van der Waals surface area contributed by atoms with Crippen molar-refractivity contribution in [3.05, 3.63) is 33.6 Å². The van der Waals surface area contributed by atoms with E-state index in [0.29, 0.717) is 12.0 Å². The second kappa shape index (κ2) is 4.08. The monoisotopic (exact) mass is 226 g/mol. The van der Waals surface area contributed by atoms with Crippen molar-refractivity contribution >= 4 is 11.4 Å². The Morgan fingerprint density at radius 1 is 1.44 bits per heavy atom.